The first kappa shape index (κ1) is 7.60. The normalized spacial score (nSPS) is 42.5. The minimum Gasteiger partial charge on any atom is -0.306 e. The fourth-order valence-electron chi connectivity index (χ4n) is 2.78. The van der Waals surface area contributed by atoms with Crippen LogP contribution >= 0.6 is 0 Å². The molecule has 2 rings (SSSR count). The molecule has 1 saturated carbocycles. The lowest BCUT2D eigenvalue weighted by atomic mass is 9.98. The van der Waals surface area contributed by atoms with Crippen molar-refractivity contribution < 1.29 is 0 Å². The number of nitrogens with zero attached hydrogens (tertiary/aromatic N) is 1. The topological polar surface area (TPSA) is 3.24 Å². The van der Waals surface area contributed by atoms with Crippen molar-refractivity contribution in [1.82, 2.24) is 4.90 Å². The Bertz CT molecular complexity index is 155. The molecule has 0 aromatic carbocycles. The van der Waals surface area contributed by atoms with Crippen molar-refractivity contribution in [3.63, 3.8) is 0 Å². The quantitative estimate of drug-likeness (QED) is 0.600. The Hall–Kier alpha value is -0.0400. The molecule has 1 heteroatoms. The van der Waals surface area contributed by atoms with E-state index in [4.69, 9.17) is 0 Å². The minimum absolute atomic E-state index is 0.810. The van der Waals surface area contributed by atoms with Gasteiger partial charge in [-0.05, 0) is 31.2 Å². The third-order valence-electron chi connectivity index (χ3n) is 3.50. The summed E-state index contributed by atoms with van der Waals surface area (Å²) in [5.74, 6) is 1.08. The Morgan fingerprint density at radius 1 is 1.55 bits per heavy atom. The van der Waals surface area contributed by atoms with Gasteiger partial charge in [0, 0.05) is 13.1 Å². The van der Waals surface area contributed by atoms with Crippen LogP contribution in [0.3, 0.4) is 0 Å². The van der Waals surface area contributed by atoms with Crippen LogP contribution in [0.4, 0.5) is 0 Å². The molecule has 0 aromatic heterocycles. The summed E-state index contributed by atoms with van der Waals surface area (Å²) in [4.78, 5) is 2.50. The van der Waals surface area contributed by atoms with Crippen molar-refractivity contribution in [1.29, 1.82) is 0 Å². The largest absolute Gasteiger partial charge is 0.306 e. The maximum absolute atomic E-state index is 2.50. The molecule has 2 aliphatic rings. The Kier molecular flexibility index (Phi) is 1.71. The molecule has 0 N–H and O–H groups in total. The highest BCUT2D eigenvalue weighted by atomic mass is 15.2. The standard InChI is InChI=1S/C10H19N/c1-3-4-5-10-6-9(10)7-11(2)8-10/h9H,3-8H2,1-2H3. The number of fused-ring (bicyclic) bond motifs is 1. The van der Waals surface area contributed by atoms with Crippen LogP contribution in [0, 0.1) is 11.3 Å². The van der Waals surface area contributed by atoms with E-state index in [0.717, 1.165) is 11.3 Å². The predicted molar refractivity (Wildman–Crippen MR) is 47.6 cm³/mol. The molecule has 0 amide bonds. The van der Waals surface area contributed by atoms with Gasteiger partial charge in [-0.1, -0.05) is 19.8 Å². The lowest BCUT2D eigenvalue weighted by Gasteiger charge is -2.15. The van der Waals surface area contributed by atoms with Gasteiger partial charge in [0.2, 0.25) is 0 Å². The van der Waals surface area contributed by atoms with Gasteiger partial charge in [0.25, 0.3) is 0 Å². The van der Waals surface area contributed by atoms with Crippen LogP contribution in [-0.4, -0.2) is 25.0 Å². The maximum Gasteiger partial charge on any atom is 0.00383 e. The van der Waals surface area contributed by atoms with Gasteiger partial charge in [-0.15, -0.1) is 0 Å². The van der Waals surface area contributed by atoms with Gasteiger partial charge < -0.3 is 4.90 Å². The third-order valence-corrected chi connectivity index (χ3v) is 3.50. The van der Waals surface area contributed by atoms with Gasteiger partial charge in [-0.3, -0.25) is 0 Å². The first-order valence-corrected chi connectivity index (χ1v) is 4.95. The first-order chi connectivity index (χ1) is 5.27. The molecule has 64 valence electrons. The SMILES string of the molecule is CCCCC12CC1CN(C)C2. The van der Waals surface area contributed by atoms with Crippen LogP contribution in [0.1, 0.15) is 32.6 Å². The highest BCUT2D eigenvalue weighted by molar-refractivity contribution is 5.09. The van der Waals surface area contributed by atoms with Gasteiger partial charge in [-0.25, -0.2) is 0 Å². The molecule has 0 aromatic rings. The Balaban J connectivity index is 1.84. The lowest BCUT2D eigenvalue weighted by Crippen LogP contribution is -2.19. The Morgan fingerprint density at radius 2 is 2.36 bits per heavy atom. The fourth-order valence-corrected chi connectivity index (χ4v) is 2.78. The molecule has 2 atom stereocenters. The maximum atomic E-state index is 2.50. The molecule has 1 saturated heterocycles. The van der Waals surface area contributed by atoms with Crippen molar-refractivity contribution >= 4 is 0 Å². The number of rotatable bonds is 3. The number of hydrogen-bond acceptors (Lipinski definition) is 1. The molecular formula is C10H19N. The third kappa shape index (κ3) is 1.20. The van der Waals surface area contributed by atoms with E-state index in [9.17, 15) is 0 Å². The van der Waals surface area contributed by atoms with Crippen molar-refractivity contribution in [2.45, 2.75) is 32.6 Å². The molecule has 2 fully saturated rings. The molecule has 1 aliphatic heterocycles. The smallest absolute Gasteiger partial charge is 0.00383 e. The number of likely N-dealkylation sites (tertiary alicyclic amines) is 1. The lowest BCUT2D eigenvalue weighted by molar-refractivity contribution is 0.322. The van der Waals surface area contributed by atoms with Gasteiger partial charge in [0.15, 0.2) is 0 Å². The van der Waals surface area contributed by atoms with Crippen LogP contribution in [0.5, 0.6) is 0 Å². The molecule has 1 nitrogen and oxygen atoms in total. The monoisotopic (exact) mass is 153 g/mol. The van der Waals surface area contributed by atoms with Crippen molar-refractivity contribution in [2.24, 2.45) is 11.3 Å². The van der Waals surface area contributed by atoms with E-state index in [1.54, 1.807) is 0 Å². The summed E-state index contributed by atoms with van der Waals surface area (Å²) in [7, 11) is 2.26. The van der Waals surface area contributed by atoms with Crippen molar-refractivity contribution in [3.8, 4) is 0 Å². The zero-order valence-electron chi connectivity index (χ0n) is 7.77. The van der Waals surface area contributed by atoms with Crippen LogP contribution in [0.2, 0.25) is 0 Å². The van der Waals surface area contributed by atoms with E-state index in [0.29, 0.717) is 0 Å². The predicted octanol–water partition coefficient (Wildman–Crippen LogP) is 2.13. The average molecular weight is 153 g/mol. The van der Waals surface area contributed by atoms with Crippen LogP contribution in [-0.2, 0) is 0 Å². The highest BCUT2D eigenvalue weighted by Crippen LogP contribution is 2.60. The Morgan fingerprint density at radius 3 is 2.91 bits per heavy atom. The molecule has 11 heavy (non-hydrogen) atoms. The molecule has 2 unspecified atom stereocenters. The molecule has 0 bridgehead atoms. The van der Waals surface area contributed by atoms with Gasteiger partial charge in [-0.2, -0.15) is 0 Å². The van der Waals surface area contributed by atoms with E-state index in [1.165, 1.54) is 38.8 Å². The highest BCUT2D eigenvalue weighted by Gasteiger charge is 2.57. The second-order valence-corrected chi connectivity index (χ2v) is 4.56. The second kappa shape index (κ2) is 2.48. The second-order valence-electron chi connectivity index (χ2n) is 4.56. The fraction of sp³-hybridized carbons (Fsp3) is 1.00. The number of hydrogen-bond donors (Lipinski definition) is 0. The van der Waals surface area contributed by atoms with E-state index in [1.807, 2.05) is 0 Å². The Labute approximate surface area is 69.8 Å². The molecule has 0 radical (unpaired) electrons. The molecule has 1 heterocycles. The van der Waals surface area contributed by atoms with Gasteiger partial charge in [0.05, 0.1) is 0 Å². The van der Waals surface area contributed by atoms with Crippen molar-refractivity contribution in [2.75, 3.05) is 20.1 Å². The molecular weight excluding hydrogens is 134 g/mol. The minimum atomic E-state index is 0.810. The van der Waals surface area contributed by atoms with Gasteiger partial charge in [0.1, 0.15) is 0 Å². The van der Waals surface area contributed by atoms with Crippen LogP contribution in [0.25, 0.3) is 0 Å². The van der Waals surface area contributed by atoms with Gasteiger partial charge >= 0.3 is 0 Å². The first-order valence-electron chi connectivity index (χ1n) is 4.95. The van der Waals surface area contributed by atoms with Crippen LogP contribution in [0.15, 0.2) is 0 Å². The summed E-state index contributed by atoms with van der Waals surface area (Å²) in [5.41, 5.74) is 0.810. The summed E-state index contributed by atoms with van der Waals surface area (Å²) in [5, 5.41) is 0. The number of unbranched alkanes of at least 4 members (excludes halogenated alkanes) is 1. The number of piperidine rings is 1. The van der Waals surface area contributed by atoms with Crippen LogP contribution < -0.4 is 0 Å². The van der Waals surface area contributed by atoms with E-state index in [-0.39, 0.29) is 0 Å². The summed E-state index contributed by atoms with van der Waals surface area (Å²) in [6.45, 7) is 5.06. The van der Waals surface area contributed by atoms with E-state index < -0.39 is 0 Å². The summed E-state index contributed by atoms with van der Waals surface area (Å²) < 4.78 is 0. The zero-order chi connectivity index (χ0) is 7.90. The summed E-state index contributed by atoms with van der Waals surface area (Å²) in [6, 6.07) is 0. The van der Waals surface area contributed by atoms with E-state index in [2.05, 4.69) is 18.9 Å². The van der Waals surface area contributed by atoms with E-state index >= 15 is 0 Å². The van der Waals surface area contributed by atoms with Crippen molar-refractivity contribution in [3.05, 3.63) is 0 Å². The summed E-state index contributed by atoms with van der Waals surface area (Å²) >= 11 is 0. The average Bonchev–Trinajstić information content (AvgIpc) is 2.52. The molecule has 0 spiro atoms. The zero-order valence-corrected chi connectivity index (χ0v) is 7.77. The summed E-state index contributed by atoms with van der Waals surface area (Å²) in [6.07, 6.45) is 5.86. The molecule has 1 aliphatic carbocycles.